The first kappa shape index (κ1) is 73.7. The maximum atomic E-state index is 14.1. The standard InChI is InChI=1S/C63H110O24/c1-10-13-15-16-17-18-21-24-28-32-41(64)81-51-37(7)77-60(49(72)47(51)70)85-53-39(9)79-63(57(83-58(74)34(4)12-3)56(53)87-59-48(71)45(68)43(66)35(5)75-59)84-52-38(8)78-62-55(50(52)73)82-42(65)33-29-25-22-19-20-23-27-31-40(30-26-14-11-2)80-61-54(86-62)46(69)44(67)36(6)76-61/h34-40,43-57,59-63,66-73H,10-33H2,1-9H3/t34-,35+,36-,37+,38+,39+,40+,43+,44+,45-,46+,47+,48-,49-,50-,51+,52+,53+,54-,55-,56-,57-,59+,60+,61+,62+,63+/m1/s1. The van der Waals surface area contributed by atoms with Crippen molar-refractivity contribution in [2.75, 3.05) is 0 Å². The number of fused-ring (bicyclic) bond motifs is 2. The van der Waals surface area contributed by atoms with Crippen LogP contribution in [0.4, 0.5) is 0 Å². The molecule has 0 spiro atoms. The normalized spacial score (nSPS) is 41.6. The molecule has 0 bridgehead atoms. The molecule has 506 valence electrons. The quantitative estimate of drug-likeness (QED) is 0.0344. The van der Waals surface area contributed by atoms with E-state index >= 15 is 0 Å². The van der Waals surface area contributed by atoms with Gasteiger partial charge in [0.15, 0.2) is 49.8 Å². The number of aliphatic hydroxyl groups excluding tert-OH is 8. The molecule has 6 aliphatic rings. The molecule has 27 atom stereocenters. The second-order valence-electron chi connectivity index (χ2n) is 25.3. The van der Waals surface area contributed by atoms with Crippen molar-refractivity contribution < 1.29 is 117 Å². The van der Waals surface area contributed by atoms with E-state index in [1.165, 1.54) is 53.4 Å². The summed E-state index contributed by atoms with van der Waals surface area (Å²) in [7, 11) is 0. The molecule has 0 saturated carbocycles. The lowest BCUT2D eigenvalue weighted by Gasteiger charge is -2.51. The van der Waals surface area contributed by atoms with Gasteiger partial charge in [-0.3, -0.25) is 14.4 Å². The average Bonchev–Trinajstić information content (AvgIpc) is 1.41. The molecule has 6 saturated heterocycles. The van der Waals surface area contributed by atoms with Gasteiger partial charge in [0.2, 0.25) is 0 Å². The lowest BCUT2D eigenvalue weighted by Crippen LogP contribution is -2.68. The number of hydrogen-bond donors (Lipinski definition) is 8. The zero-order valence-electron chi connectivity index (χ0n) is 53.2. The van der Waals surface area contributed by atoms with Crippen LogP contribution < -0.4 is 0 Å². The van der Waals surface area contributed by atoms with Crippen molar-refractivity contribution in [3.63, 3.8) is 0 Å². The largest absolute Gasteiger partial charge is 0.457 e. The predicted molar refractivity (Wildman–Crippen MR) is 311 cm³/mol. The second kappa shape index (κ2) is 36.8. The van der Waals surface area contributed by atoms with Crippen molar-refractivity contribution in [3.8, 4) is 0 Å². The molecular formula is C63H110O24. The van der Waals surface area contributed by atoms with E-state index in [9.17, 15) is 55.2 Å². The number of unbranched alkanes of at least 4 members (excludes halogenated alkanes) is 10. The molecule has 0 amide bonds. The molecule has 0 aromatic carbocycles. The highest BCUT2D eigenvalue weighted by atomic mass is 16.8. The minimum absolute atomic E-state index is 0.0231. The summed E-state index contributed by atoms with van der Waals surface area (Å²) in [5.41, 5.74) is 0. The SMILES string of the molecule is CCCCCCCCCCCC(=O)O[C@@H]1[C@@H](O)[C@@H](O)[C@H](O[C@@H]2[C@@H](O[C@@H]3O[C@@H](C)[C@H](O)[C@@H](O)[C@H]3O)[C@@H](OC(=O)[C@H](C)CC)[C@H](O[C@@H]3[C@@H](O)[C@H]4OC(=O)CCCCCCCCC[C@H](CCCCC)O[C@@H]5O[C@H](C)[C@H](O)[C@H](O)[C@H]5O[C@@H]4O[C@H]3C)O[C@H]2C)O[C@H]1C. The molecule has 0 radical (unpaired) electrons. The van der Waals surface area contributed by atoms with E-state index in [0.717, 1.165) is 89.9 Å². The van der Waals surface area contributed by atoms with Gasteiger partial charge in [0, 0.05) is 12.8 Å². The van der Waals surface area contributed by atoms with Crippen molar-refractivity contribution in [2.24, 2.45) is 5.92 Å². The van der Waals surface area contributed by atoms with Gasteiger partial charge in [0.25, 0.3) is 0 Å². The number of ether oxygens (including phenoxy) is 13. The van der Waals surface area contributed by atoms with Crippen LogP contribution in [0.3, 0.4) is 0 Å². The molecule has 6 heterocycles. The van der Waals surface area contributed by atoms with Crippen LogP contribution in [0, 0.1) is 5.92 Å². The van der Waals surface area contributed by atoms with Gasteiger partial charge in [0.1, 0.15) is 73.2 Å². The van der Waals surface area contributed by atoms with E-state index in [0.29, 0.717) is 25.7 Å². The van der Waals surface area contributed by atoms with Crippen LogP contribution in [0.2, 0.25) is 0 Å². The third kappa shape index (κ3) is 20.8. The third-order valence-electron chi connectivity index (χ3n) is 18.2. The maximum Gasteiger partial charge on any atom is 0.309 e. The zero-order valence-corrected chi connectivity index (χ0v) is 53.2. The van der Waals surface area contributed by atoms with Crippen LogP contribution in [-0.2, 0) is 76.0 Å². The molecule has 6 aliphatic heterocycles. The number of esters is 3. The van der Waals surface area contributed by atoms with Crippen LogP contribution in [0.5, 0.6) is 0 Å². The second-order valence-corrected chi connectivity index (χ2v) is 25.3. The number of aliphatic hydroxyl groups is 8. The third-order valence-corrected chi connectivity index (χ3v) is 18.2. The summed E-state index contributed by atoms with van der Waals surface area (Å²) in [6.45, 7) is 15.3. The Morgan fingerprint density at radius 2 is 0.966 bits per heavy atom. The Morgan fingerprint density at radius 1 is 0.460 bits per heavy atom. The van der Waals surface area contributed by atoms with Crippen LogP contribution in [0.25, 0.3) is 0 Å². The monoisotopic (exact) mass is 1250 g/mol. The number of hydrogen-bond acceptors (Lipinski definition) is 24. The summed E-state index contributed by atoms with van der Waals surface area (Å²) in [5.74, 6) is -2.80. The van der Waals surface area contributed by atoms with Gasteiger partial charge < -0.3 is 102 Å². The summed E-state index contributed by atoms with van der Waals surface area (Å²) < 4.78 is 82.2. The average molecular weight is 1250 g/mol. The van der Waals surface area contributed by atoms with Crippen molar-refractivity contribution in [3.05, 3.63) is 0 Å². The van der Waals surface area contributed by atoms with Crippen LogP contribution in [-0.4, -0.2) is 218 Å². The van der Waals surface area contributed by atoms with Gasteiger partial charge in [-0.05, 0) is 66.7 Å². The molecule has 24 nitrogen and oxygen atoms in total. The lowest BCUT2D eigenvalue weighted by atomic mass is 9.95. The van der Waals surface area contributed by atoms with Crippen molar-refractivity contribution >= 4 is 17.9 Å². The van der Waals surface area contributed by atoms with E-state index in [-0.39, 0.29) is 18.9 Å². The van der Waals surface area contributed by atoms with Gasteiger partial charge >= 0.3 is 17.9 Å². The molecule has 8 N–H and O–H groups in total. The molecule has 6 rings (SSSR count). The topological polar surface area (TPSA) is 333 Å². The van der Waals surface area contributed by atoms with Gasteiger partial charge in [-0.25, -0.2) is 0 Å². The molecule has 87 heavy (non-hydrogen) atoms. The smallest absolute Gasteiger partial charge is 0.309 e. The van der Waals surface area contributed by atoms with E-state index in [2.05, 4.69) is 13.8 Å². The van der Waals surface area contributed by atoms with E-state index in [1.807, 2.05) is 0 Å². The van der Waals surface area contributed by atoms with E-state index in [4.69, 9.17) is 61.6 Å². The summed E-state index contributed by atoms with van der Waals surface area (Å²) in [5, 5.41) is 91.9. The first-order valence-corrected chi connectivity index (χ1v) is 33.2. The number of carbonyl (C=O) groups excluding carboxylic acids is 3. The fraction of sp³-hybridized carbons (Fsp3) is 0.952. The Balaban J connectivity index is 1.28. The Hall–Kier alpha value is -2.31. The highest BCUT2D eigenvalue weighted by Crippen LogP contribution is 2.39. The first-order chi connectivity index (χ1) is 41.6. The predicted octanol–water partition coefficient (Wildman–Crippen LogP) is 5.33. The number of rotatable bonds is 24. The highest BCUT2D eigenvalue weighted by molar-refractivity contribution is 5.72. The van der Waals surface area contributed by atoms with Crippen molar-refractivity contribution in [1.82, 2.24) is 0 Å². The Kier molecular flexibility index (Phi) is 31.2. The fourth-order valence-electron chi connectivity index (χ4n) is 12.3. The Labute approximate surface area is 515 Å². The molecule has 0 unspecified atom stereocenters. The van der Waals surface area contributed by atoms with Gasteiger partial charge in [-0.2, -0.15) is 0 Å². The Bertz CT molecular complexity index is 1990. The molecule has 0 aliphatic carbocycles. The highest BCUT2D eigenvalue weighted by Gasteiger charge is 2.58. The maximum absolute atomic E-state index is 14.1. The fourth-order valence-corrected chi connectivity index (χ4v) is 12.3. The van der Waals surface area contributed by atoms with Gasteiger partial charge in [0.05, 0.1) is 42.5 Å². The minimum Gasteiger partial charge on any atom is -0.457 e. The summed E-state index contributed by atoms with van der Waals surface area (Å²) in [6.07, 6.45) is -18.2. The Morgan fingerprint density at radius 3 is 1.63 bits per heavy atom. The molecule has 0 aromatic rings. The molecule has 0 aromatic heterocycles. The van der Waals surface area contributed by atoms with Crippen LogP contribution in [0.1, 0.15) is 216 Å². The summed E-state index contributed by atoms with van der Waals surface area (Å²) >= 11 is 0. The zero-order chi connectivity index (χ0) is 63.5. The van der Waals surface area contributed by atoms with Crippen LogP contribution >= 0.6 is 0 Å². The van der Waals surface area contributed by atoms with Gasteiger partial charge in [-0.1, -0.05) is 137 Å². The number of carbonyl (C=O) groups is 3. The summed E-state index contributed by atoms with van der Waals surface area (Å²) in [6, 6.07) is 0. The molecule has 6 fully saturated rings. The molecule has 24 heteroatoms. The first-order valence-electron chi connectivity index (χ1n) is 33.2. The van der Waals surface area contributed by atoms with Gasteiger partial charge in [-0.15, -0.1) is 0 Å². The molecular weight excluding hydrogens is 1140 g/mol. The lowest BCUT2D eigenvalue weighted by molar-refractivity contribution is -0.399. The minimum atomic E-state index is -1.91. The van der Waals surface area contributed by atoms with E-state index < -0.39 is 177 Å². The van der Waals surface area contributed by atoms with E-state index in [1.54, 1.807) is 20.8 Å². The van der Waals surface area contributed by atoms with Crippen LogP contribution in [0.15, 0.2) is 0 Å². The summed E-state index contributed by atoms with van der Waals surface area (Å²) in [4.78, 5) is 41.1. The van der Waals surface area contributed by atoms with Crippen molar-refractivity contribution in [2.45, 2.75) is 376 Å². The van der Waals surface area contributed by atoms with Crippen molar-refractivity contribution in [1.29, 1.82) is 0 Å².